The lowest BCUT2D eigenvalue weighted by Gasteiger charge is -2.09. The van der Waals surface area contributed by atoms with Gasteiger partial charge in [0.15, 0.2) is 0 Å². The number of halogens is 3. The Bertz CT molecular complexity index is 987. The first-order chi connectivity index (χ1) is 13.5. The molecule has 0 aromatic heterocycles. The second-order valence-corrected chi connectivity index (χ2v) is 7.83. The number of nitrogens with zero attached hydrogens (tertiary/aromatic N) is 1. The number of nitrogens with one attached hydrogen (secondary N) is 1. The normalized spacial score (nSPS) is 10.8. The molecule has 0 saturated heterocycles. The Morgan fingerprint density at radius 1 is 1.04 bits per heavy atom. The average molecular weight is 525 g/mol. The molecule has 0 saturated carbocycles. The van der Waals surface area contributed by atoms with Crippen LogP contribution in [0, 0.1) is 3.57 Å². The number of hydrazone groups is 1. The Balaban J connectivity index is 1.55. The van der Waals surface area contributed by atoms with Crippen LogP contribution < -0.4 is 10.2 Å². The number of ether oxygens (including phenoxy) is 1. The van der Waals surface area contributed by atoms with Gasteiger partial charge in [-0.15, -0.1) is 0 Å². The molecule has 0 fully saturated rings. The zero-order chi connectivity index (χ0) is 19.9. The van der Waals surface area contributed by atoms with Gasteiger partial charge in [-0.1, -0.05) is 35.3 Å². The van der Waals surface area contributed by atoms with Crippen LogP contribution in [0.2, 0.25) is 10.0 Å². The minimum atomic E-state index is -0.258. The van der Waals surface area contributed by atoms with E-state index < -0.39 is 0 Å². The monoisotopic (exact) mass is 524 g/mol. The molecule has 1 N–H and O–H groups in total. The molecule has 0 aliphatic rings. The summed E-state index contributed by atoms with van der Waals surface area (Å²) in [6.07, 6.45) is 1.57. The minimum absolute atomic E-state index is 0.258. The van der Waals surface area contributed by atoms with E-state index in [2.05, 4.69) is 33.1 Å². The van der Waals surface area contributed by atoms with Crippen molar-refractivity contribution in [1.82, 2.24) is 5.43 Å². The van der Waals surface area contributed by atoms with Crippen LogP contribution in [-0.4, -0.2) is 12.1 Å². The highest BCUT2D eigenvalue weighted by molar-refractivity contribution is 14.1. The number of carbonyl (C=O) groups excluding carboxylic acids is 1. The van der Waals surface area contributed by atoms with E-state index in [0.717, 1.165) is 14.7 Å². The molecule has 28 heavy (non-hydrogen) atoms. The highest BCUT2D eigenvalue weighted by Gasteiger charge is 2.06. The lowest BCUT2D eigenvalue weighted by Crippen LogP contribution is -2.17. The maximum atomic E-state index is 12.0. The largest absolute Gasteiger partial charge is 0.489 e. The topological polar surface area (TPSA) is 50.7 Å². The van der Waals surface area contributed by atoms with Gasteiger partial charge in [0.05, 0.1) is 6.21 Å². The number of amides is 1. The zero-order valence-corrected chi connectivity index (χ0v) is 18.2. The molecule has 0 bridgehead atoms. The molecule has 3 aromatic rings. The number of hydrogen-bond donors (Lipinski definition) is 1. The lowest BCUT2D eigenvalue weighted by molar-refractivity contribution is 0.0955. The lowest BCUT2D eigenvalue weighted by atomic mass is 10.2. The van der Waals surface area contributed by atoms with Crippen molar-refractivity contribution in [3.05, 3.63) is 97.0 Å². The van der Waals surface area contributed by atoms with Gasteiger partial charge >= 0.3 is 0 Å². The summed E-state index contributed by atoms with van der Waals surface area (Å²) >= 11 is 14.4. The molecule has 3 rings (SSSR count). The van der Waals surface area contributed by atoms with Crippen LogP contribution >= 0.6 is 45.8 Å². The van der Waals surface area contributed by atoms with E-state index in [1.54, 1.807) is 36.5 Å². The van der Waals surface area contributed by atoms with Gasteiger partial charge in [0.1, 0.15) is 12.4 Å². The molecular formula is C21H15Cl2IN2O2. The molecule has 4 nitrogen and oxygen atoms in total. The van der Waals surface area contributed by atoms with Crippen LogP contribution in [0.3, 0.4) is 0 Å². The van der Waals surface area contributed by atoms with Crippen molar-refractivity contribution in [3.8, 4) is 5.75 Å². The Labute approximate surface area is 186 Å². The molecule has 3 aromatic carbocycles. The van der Waals surface area contributed by atoms with Crippen LogP contribution in [-0.2, 0) is 6.61 Å². The Morgan fingerprint density at radius 3 is 2.39 bits per heavy atom. The first-order valence-corrected chi connectivity index (χ1v) is 10.1. The van der Waals surface area contributed by atoms with Gasteiger partial charge in [-0.05, 0) is 82.8 Å². The molecule has 0 spiro atoms. The quantitative estimate of drug-likeness (QED) is 0.246. The maximum absolute atomic E-state index is 12.0. The summed E-state index contributed by atoms with van der Waals surface area (Å²) in [7, 11) is 0. The fraction of sp³-hybridized carbons (Fsp3) is 0.0476. The van der Waals surface area contributed by atoms with E-state index in [0.29, 0.717) is 21.4 Å². The molecule has 0 radical (unpaired) electrons. The smallest absolute Gasteiger partial charge is 0.271 e. The highest BCUT2D eigenvalue weighted by atomic mass is 127. The van der Waals surface area contributed by atoms with Crippen molar-refractivity contribution in [2.45, 2.75) is 6.61 Å². The van der Waals surface area contributed by atoms with Crippen molar-refractivity contribution in [1.29, 1.82) is 0 Å². The molecule has 1 amide bonds. The van der Waals surface area contributed by atoms with E-state index in [9.17, 15) is 4.79 Å². The van der Waals surface area contributed by atoms with Gasteiger partial charge in [-0.3, -0.25) is 4.79 Å². The first-order valence-electron chi connectivity index (χ1n) is 8.27. The Morgan fingerprint density at radius 2 is 1.71 bits per heavy atom. The fourth-order valence-corrected chi connectivity index (χ4v) is 3.39. The van der Waals surface area contributed by atoms with E-state index in [4.69, 9.17) is 27.9 Å². The van der Waals surface area contributed by atoms with E-state index in [1.807, 2.05) is 36.4 Å². The van der Waals surface area contributed by atoms with Gasteiger partial charge in [0, 0.05) is 24.7 Å². The fourth-order valence-electron chi connectivity index (χ4n) is 2.34. The van der Waals surface area contributed by atoms with E-state index in [1.165, 1.54) is 0 Å². The second kappa shape index (κ2) is 9.91. The van der Waals surface area contributed by atoms with Gasteiger partial charge < -0.3 is 4.74 Å². The predicted molar refractivity (Wildman–Crippen MR) is 121 cm³/mol. The number of hydrogen-bond acceptors (Lipinski definition) is 3. The molecule has 0 unspecified atom stereocenters. The van der Waals surface area contributed by atoms with Crippen LogP contribution in [0.1, 0.15) is 21.5 Å². The third-order valence-electron chi connectivity index (χ3n) is 3.79. The maximum Gasteiger partial charge on any atom is 0.271 e. The summed E-state index contributed by atoms with van der Waals surface area (Å²) in [6, 6.07) is 19.9. The summed E-state index contributed by atoms with van der Waals surface area (Å²) in [6.45, 7) is 0.276. The van der Waals surface area contributed by atoms with E-state index >= 15 is 0 Å². The van der Waals surface area contributed by atoms with Crippen molar-refractivity contribution in [3.63, 3.8) is 0 Å². The molecule has 0 aliphatic heterocycles. The first kappa shape index (κ1) is 20.6. The Kier molecular flexibility index (Phi) is 7.30. The molecule has 142 valence electrons. The molecule has 0 aliphatic carbocycles. The van der Waals surface area contributed by atoms with Gasteiger partial charge in [-0.2, -0.15) is 5.10 Å². The van der Waals surface area contributed by atoms with Gasteiger partial charge in [0.2, 0.25) is 0 Å². The number of rotatable bonds is 6. The number of carbonyl (C=O) groups is 1. The van der Waals surface area contributed by atoms with Crippen LogP contribution in [0.25, 0.3) is 0 Å². The average Bonchev–Trinajstić information content (AvgIpc) is 2.68. The summed E-state index contributed by atoms with van der Waals surface area (Å²) < 4.78 is 6.73. The van der Waals surface area contributed by atoms with Gasteiger partial charge in [0.25, 0.3) is 5.91 Å². The third kappa shape index (κ3) is 5.70. The summed E-state index contributed by atoms with van der Waals surface area (Å²) in [5.41, 5.74) is 4.65. The molecule has 7 heteroatoms. The predicted octanol–water partition coefficient (Wildman–Crippen LogP) is 5.94. The Hall–Kier alpha value is -2.09. The minimum Gasteiger partial charge on any atom is -0.489 e. The molecular weight excluding hydrogens is 510 g/mol. The summed E-state index contributed by atoms with van der Waals surface area (Å²) in [4.78, 5) is 12.0. The van der Waals surface area contributed by atoms with Crippen molar-refractivity contribution in [2.24, 2.45) is 5.10 Å². The van der Waals surface area contributed by atoms with E-state index in [-0.39, 0.29) is 12.5 Å². The summed E-state index contributed by atoms with van der Waals surface area (Å²) in [5, 5.41) is 5.13. The van der Waals surface area contributed by atoms with Crippen LogP contribution in [0.5, 0.6) is 5.75 Å². The van der Waals surface area contributed by atoms with Gasteiger partial charge in [-0.25, -0.2) is 5.43 Å². The molecule has 0 heterocycles. The van der Waals surface area contributed by atoms with Crippen LogP contribution in [0.15, 0.2) is 71.8 Å². The molecule has 0 atom stereocenters. The third-order valence-corrected chi connectivity index (χ3v) is 5.17. The zero-order valence-electron chi connectivity index (χ0n) is 14.5. The SMILES string of the molecule is O=C(N/N=C\c1ccc(OCc2c(Cl)cccc2Cl)cc1)c1cccc(I)c1. The van der Waals surface area contributed by atoms with Crippen molar-refractivity contribution >= 4 is 57.9 Å². The standard InChI is InChI=1S/C21H15Cl2IN2O2/c22-19-5-2-6-20(23)18(19)13-28-17-9-7-14(8-10-17)12-25-26-21(27)15-3-1-4-16(24)11-15/h1-12H,13H2,(H,26,27)/b25-12-. The summed E-state index contributed by atoms with van der Waals surface area (Å²) in [5.74, 6) is 0.419. The van der Waals surface area contributed by atoms with Crippen molar-refractivity contribution in [2.75, 3.05) is 0 Å². The van der Waals surface area contributed by atoms with Crippen LogP contribution in [0.4, 0.5) is 0 Å². The highest BCUT2D eigenvalue weighted by Crippen LogP contribution is 2.25. The number of benzene rings is 3. The second-order valence-electron chi connectivity index (χ2n) is 5.77. The van der Waals surface area contributed by atoms with Crippen molar-refractivity contribution < 1.29 is 9.53 Å².